The number of nitrogens with zero attached hydrogens (tertiary/aromatic N) is 2. The lowest BCUT2D eigenvalue weighted by atomic mass is 10.2. The second kappa shape index (κ2) is 5.92. The molecule has 0 aliphatic heterocycles. The van der Waals surface area contributed by atoms with Gasteiger partial charge in [0.2, 0.25) is 5.88 Å². The molecule has 0 saturated carbocycles. The van der Waals surface area contributed by atoms with Crippen molar-refractivity contribution in [1.82, 2.24) is 4.98 Å². The van der Waals surface area contributed by atoms with Crippen molar-refractivity contribution in [3.63, 3.8) is 0 Å². The van der Waals surface area contributed by atoms with E-state index in [2.05, 4.69) is 10.4 Å². The Hall–Kier alpha value is -2.07. The van der Waals surface area contributed by atoms with E-state index in [9.17, 15) is 4.39 Å². The monoisotopic (exact) mass is 312 g/mol. The number of aromatic nitrogens is 1. The van der Waals surface area contributed by atoms with Gasteiger partial charge in [0.25, 0.3) is 0 Å². The molecule has 1 aromatic carbocycles. The molecule has 0 spiro atoms. The second-order valence-electron chi connectivity index (χ2n) is 3.58. The first-order valence-corrected chi connectivity index (χ1v) is 6.01. The summed E-state index contributed by atoms with van der Waals surface area (Å²) in [5.74, 6) is 4.62. The maximum Gasteiger partial charge on any atom is 0.240 e. The summed E-state index contributed by atoms with van der Waals surface area (Å²) in [5.41, 5.74) is 2.02. The number of hydrazine groups is 1. The van der Waals surface area contributed by atoms with Gasteiger partial charge in [-0.1, -0.05) is 29.3 Å². The van der Waals surface area contributed by atoms with Gasteiger partial charge in [0.05, 0.1) is 5.02 Å². The molecule has 5 nitrogen and oxygen atoms in total. The summed E-state index contributed by atoms with van der Waals surface area (Å²) >= 11 is 11.8. The minimum absolute atomic E-state index is 0.00723. The van der Waals surface area contributed by atoms with Gasteiger partial charge in [0, 0.05) is 0 Å². The van der Waals surface area contributed by atoms with Crippen LogP contribution in [0.5, 0.6) is 11.6 Å². The van der Waals surface area contributed by atoms with Gasteiger partial charge in [-0.05, 0) is 18.2 Å². The lowest BCUT2D eigenvalue weighted by Crippen LogP contribution is -2.09. The SMILES string of the molecule is N#Cc1c(F)cccc1Oc1nc(NN)c(Cl)cc1Cl. The number of benzene rings is 1. The number of hydrogen-bond acceptors (Lipinski definition) is 5. The number of rotatable bonds is 3. The van der Waals surface area contributed by atoms with Crippen LogP contribution in [0, 0.1) is 17.1 Å². The van der Waals surface area contributed by atoms with Crippen molar-refractivity contribution in [3.05, 3.63) is 45.7 Å². The fourth-order valence-corrected chi connectivity index (χ4v) is 1.88. The number of nitrogen functional groups attached to an aromatic ring is 1. The molecule has 0 radical (unpaired) electrons. The predicted octanol–water partition coefficient (Wildman–Crippen LogP) is 3.48. The number of hydrogen-bond donors (Lipinski definition) is 2. The number of nitrogens with one attached hydrogen (secondary N) is 1. The molecule has 102 valence electrons. The highest BCUT2D eigenvalue weighted by Gasteiger charge is 2.14. The molecule has 20 heavy (non-hydrogen) atoms. The molecule has 2 rings (SSSR count). The topological polar surface area (TPSA) is 84.0 Å². The van der Waals surface area contributed by atoms with Gasteiger partial charge < -0.3 is 10.2 Å². The van der Waals surface area contributed by atoms with Crippen molar-refractivity contribution < 1.29 is 9.13 Å². The van der Waals surface area contributed by atoms with Crippen LogP contribution in [0.4, 0.5) is 10.2 Å². The van der Waals surface area contributed by atoms with Crippen LogP contribution in [0.1, 0.15) is 5.56 Å². The summed E-state index contributed by atoms with van der Waals surface area (Å²) in [7, 11) is 0. The van der Waals surface area contributed by atoms with Gasteiger partial charge in [-0.3, -0.25) is 0 Å². The van der Waals surface area contributed by atoms with E-state index in [0.29, 0.717) is 0 Å². The molecule has 1 heterocycles. The van der Waals surface area contributed by atoms with Gasteiger partial charge in [0.1, 0.15) is 28.2 Å². The molecule has 0 bridgehead atoms. The number of ether oxygens (including phenoxy) is 1. The van der Waals surface area contributed by atoms with Gasteiger partial charge in [-0.15, -0.1) is 0 Å². The van der Waals surface area contributed by atoms with Gasteiger partial charge in [-0.25, -0.2) is 10.2 Å². The maximum atomic E-state index is 13.5. The van der Waals surface area contributed by atoms with E-state index in [1.165, 1.54) is 18.2 Å². The molecular formula is C12H7Cl2FN4O. The number of halogens is 3. The number of nitriles is 1. The third-order valence-electron chi connectivity index (χ3n) is 2.33. The standard InChI is InChI=1S/C12H7Cl2FN4O/c13-7-4-8(14)12(18-11(7)19-17)20-10-3-1-2-9(15)6(10)5-16/h1-4H,17H2,(H,18,19). The van der Waals surface area contributed by atoms with Crippen LogP contribution >= 0.6 is 23.2 Å². The second-order valence-corrected chi connectivity index (χ2v) is 4.39. The molecule has 0 atom stereocenters. The van der Waals surface area contributed by atoms with Crippen LogP contribution < -0.4 is 16.0 Å². The summed E-state index contributed by atoms with van der Waals surface area (Å²) in [4.78, 5) is 3.94. The fourth-order valence-electron chi connectivity index (χ4n) is 1.42. The van der Waals surface area contributed by atoms with Crippen LogP contribution in [0.2, 0.25) is 10.0 Å². The molecule has 0 fully saturated rings. The average Bonchev–Trinajstić information content (AvgIpc) is 2.42. The molecule has 1 aromatic heterocycles. The molecule has 0 amide bonds. The maximum absolute atomic E-state index is 13.5. The van der Waals surface area contributed by atoms with Crippen LogP contribution in [0.25, 0.3) is 0 Å². The zero-order valence-corrected chi connectivity index (χ0v) is 11.3. The summed E-state index contributed by atoms with van der Waals surface area (Å²) in [6, 6.07) is 7.04. The molecule has 0 unspecified atom stereocenters. The Morgan fingerprint density at radius 2 is 2.10 bits per heavy atom. The van der Waals surface area contributed by atoms with Crippen LogP contribution in [-0.2, 0) is 0 Å². The Bertz CT molecular complexity index is 703. The number of nitrogens with two attached hydrogens (primary N) is 1. The number of anilines is 1. The van der Waals surface area contributed by atoms with Crippen LogP contribution in [0.15, 0.2) is 24.3 Å². The van der Waals surface area contributed by atoms with E-state index in [0.717, 1.165) is 6.07 Å². The molecule has 0 aliphatic rings. The minimum Gasteiger partial charge on any atom is -0.436 e. The quantitative estimate of drug-likeness (QED) is 0.669. The normalized spacial score (nSPS) is 9.95. The molecular weight excluding hydrogens is 306 g/mol. The highest BCUT2D eigenvalue weighted by atomic mass is 35.5. The van der Waals surface area contributed by atoms with Crippen molar-refractivity contribution in [1.29, 1.82) is 5.26 Å². The predicted molar refractivity (Wildman–Crippen MR) is 73.3 cm³/mol. The summed E-state index contributed by atoms with van der Waals surface area (Å²) in [5, 5.41) is 9.21. The third kappa shape index (κ3) is 2.75. The van der Waals surface area contributed by atoms with Gasteiger partial charge >= 0.3 is 0 Å². The van der Waals surface area contributed by atoms with E-state index in [1.807, 2.05) is 0 Å². The molecule has 2 aromatic rings. The highest BCUT2D eigenvalue weighted by Crippen LogP contribution is 2.34. The van der Waals surface area contributed by atoms with E-state index in [4.69, 9.17) is 39.0 Å². The molecule has 3 N–H and O–H groups in total. The van der Waals surface area contributed by atoms with Crippen LogP contribution in [0.3, 0.4) is 0 Å². The van der Waals surface area contributed by atoms with E-state index in [-0.39, 0.29) is 33.1 Å². The fraction of sp³-hybridized carbons (Fsp3) is 0. The zero-order valence-electron chi connectivity index (χ0n) is 9.82. The molecule has 0 saturated heterocycles. The van der Waals surface area contributed by atoms with Crippen molar-refractivity contribution in [2.24, 2.45) is 5.84 Å². The van der Waals surface area contributed by atoms with E-state index < -0.39 is 5.82 Å². The summed E-state index contributed by atoms with van der Waals surface area (Å²) in [6.45, 7) is 0. The van der Waals surface area contributed by atoms with Gasteiger partial charge in [0.15, 0.2) is 5.82 Å². The third-order valence-corrected chi connectivity index (χ3v) is 2.89. The van der Waals surface area contributed by atoms with Crippen molar-refractivity contribution >= 4 is 29.0 Å². The first-order valence-electron chi connectivity index (χ1n) is 5.26. The van der Waals surface area contributed by atoms with E-state index in [1.54, 1.807) is 6.07 Å². The van der Waals surface area contributed by atoms with Crippen molar-refractivity contribution in [2.75, 3.05) is 5.43 Å². The Balaban J connectivity index is 2.46. The summed E-state index contributed by atoms with van der Waals surface area (Å²) in [6.07, 6.45) is 0. The lowest BCUT2D eigenvalue weighted by molar-refractivity contribution is 0.457. The first kappa shape index (κ1) is 14.3. The zero-order chi connectivity index (χ0) is 14.7. The van der Waals surface area contributed by atoms with Crippen molar-refractivity contribution in [2.45, 2.75) is 0 Å². The first-order chi connectivity index (χ1) is 9.56. The number of pyridine rings is 1. The Kier molecular flexibility index (Phi) is 4.25. The Morgan fingerprint density at radius 3 is 2.75 bits per heavy atom. The highest BCUT2D eigenvalue weighted by molar-refractivity contribution is 6.36. The largest absolute Gasteiger partial charge is 0.436 e. The summed E-state index contributed by atoms with van der Waals surface area (Å²) < 4.78 is 18.8. The lowest BCUT2D eigenvalue weighted by Gasteiger charge is -2.10. The molecule has 0 aliphatic carbocycles. The average molecular weight is 313 g/mol. The Morgan fingerprint density at radius 1 is 1.35 bits per heavy atom. The Labute approximate surface area is 123 Å². The smallest absolute Gasteiger partial charge is 0.240 e. The van der Waals surface area contributed by atoms with E-state index >= 15 is 0 Å². The molecule has 8 heteroatoms. The van der Waals surface area contributed by atoms with Crippen molar-refractivity contribution in [3.8, 4) is 17.7 Å². The minimum atomic E-state index is -0.702. The van der Waals surface area contributed by atoms with Crippen LogP contribution in [-0.4, -0.2) is 4.98 Å². The van der Waals surface area contributed by atoms with Gasteiger partial charge in [-0.2, -0.15) is 10.2 Å².